The van der Waals surface area contributed by atoms with Crippen LogP contribution in [0, 0.1) is 0 Å². The van der Waals surface area contributed by atoms with Gasteiger partial charge in [0.15, 0.2) is 19.7 Å². The maximum absolute atomic E-state index is 11.4. The molecule has 0 aromatic heterocycles. The Kier molecular flexibility index (Phi) is 7.82. The van der Waals surface area contributed by atoms with Gasteiger partial charge in [0, 0.05) is 0 Å². The second-order valence-electron chi connectivity index (χ2n) is 3.80. The highest BCUT2D eigenvalue weighted by molar-refractivity contribution is 7.95. The van der Waals surface area contributed by atoms with Crippen LogP contribution in [0.1, 0.15) is 0 Å². The van der Waals surface area contributed by atoms with Crippen LogP contribution < -0.4 is 0 Å². The number of rotatable bonds is 11. The first-order chi connectivity index (χ1) is 9.62. The third-order valence-corrected chi connectivity index (χ3v) is 6.38. The molecule has 134 valence electrons. The quantitative estimate of drug-likeness (QED) is 0.341. The van der Waals surface area contributed by atoms with Crippen molar-refractivity contribution in [2.24, 2.45) is 0 Å². The Morgan fingerprint density at radius 1 is 0.545 bits per heavy atom. The molecular weight excluding hydrogens is 392 g/mol. The zero-order valence-electron chi connectivity index (χ0n) is 10.9. The Morgan fingerprint density at radius 2 is 0.818 bits per heavy atom. The molecule has 16 heteroatoms. The first kappa shape index (κ1) is 21.6. The third-order valence-electron chi connectivity index (χ3n) is 1.96. The standard InChI is InChI=1S/C6H14O12S4/c7-19(8,3-1-17-21(11,12)13)5-6-20(9,10)4-2-18-22(14,15)16/h1-6H2,(H,11,12,13)(H,14,15,16). The minimum Gasteiger partial charge on any atom is -0.264 e. The summed E-state index contributed by atoms with van der Waals surface area (Å²) in [7, 11) is -17.5. The van der Waals surface area contributed by atoms with E-state index in [9.17, 15) is 33.7 Å². The second kappa shape index (κ2) is 7.95. The smallest absolute Gasteiger partial charge is 0.264 e. The molecule has 0 saturated carbocycles. The summed E-state index contributed by atoms with van der Waals surface area (Å²) in [5, 5.41) is 0. The fraction of sp³-hybridized carbons (Fsp3) is 1.00. The normalized spacial score (nSPS) is 14.1. The van der Waals surface area contributed by atoms with E-state index in [1.807, 2.05) is 0 Å². The molecule has 0 amide bonds. The molecule has 0 aliphatic carbocycles. The average molecular weight is 406 g/mol. The molecule has 0 aliphatic heterocycles. The first-order valence-corrected chi connectivity index (χ1v) is 11.6. The SMILES string of the molecule is O=S(=O)(CCOS(=O)(=O)O)CCS(=O)(=O)CCOS(=O)(=O)O. The molecule has 12 nitrogen and oxygen atoms in total. The van der Waals surface area contributed by atoms with Gasteiger partial charge >= 0.3 is 20.8 Å². The van der Waals surface area contributed by atoms with E-state index in [-0.39, 0.29) is 0 Å². The highest BCUT2D eigenvalue weighted by atomic mass is 32.3. The average Bonchev–Trinajstić information content (AvgIpc) is 2.22. The van der Waals surface area contributed by atoms with E-state index in [4.69, 9.17) is 9.11 Å². The van der Waals surface area contributed by atoms with Crippen LogP contribution in [0.2, 0.25) is 0 Å². The molecule has 0 rings (SSSR count). The van der Waals surface area contributed by atoms with Gasteiger partial charge in [-0.25, -0.2) is 25.2 Å². The lowest BCUT2D eigenvalue weighted by atomic mass is 10.9. The Bertz CT molecular complexity index is 687. The highest BCUT2D eigenvalue weighted by Gasteiger charge is 2.20. The van der Waals surface area contributed by atoms with Crippen LogP contribution in [0.4, 0.5) is 0 Å². The fourth-order valence-corrected chi connectivity index (χ4v) is 4.90. The Morgan fingerprint density at radius 3 is 1.05 bits per heavy atom. The maximum Gasteiger partial charge on any atom is 0.397 e. The second-order valence-corrected chi connectivity index (χ2v) is 10.6. The van der Waals surface area contributed by atoms with E-state index >= 15 is 0 Å². The summed E-state index contributed by atoms with van der Waals surface area (Å²) >= 11 is 0. The predicted molar refractivity (Wildman–Crippen MR) is 72.3 cm³/mol. The maximum atomic E-state index is 11.4. The molecule has 0 bridgehead atoms. The number of hydrogen-bond acceptors (Lipinski definition) is 10. The zero-order valence-corrected chi connectivity index (χ0v) is 14.1. The molecule has 0 fully saturated rings. The summed E-state index contributed by atoms with van der Waals surface area (Å²) in [6.07, 6.45) is 0. The van der Waals surface area contributed by atoms with Crippen LogP contribution in [0.15, 0.2) is 0 Å². The van der Waals surface area contributed by atoms with E-state index in [0.29, 0.717) is 0 Å². The van der Waals surface area contributed by atoms with Gasteiger partial charge < -0.3 is 0 Å². The minimum absolute atomic E-state index is 0.843. The van der Waals surface area contributed by atoms with Crippen molar-refractivity contribution >= 4 is 40.5 Å². The summed E-state index contributed by atoms with van der Waals surface area (Å²) in [4.78, 5) is 0. The molecule has 0 aromatic rings. The van der Waals surface area contributed by atoms with E-state index in [1.165, 1.54) is 0 Å². The van der Waals surface area contributed by atoms with Crippen LogP contribution in [-0.2, 0) is 48.8 Å². The van der Waals surface area contributed by atoms with Crippen LogP contribution in [0.25, 0.3) is 0 Å². The summed E-state index contributed by atoms with van der Waals surface area (Å²) in [5.41, 5.74) is 0. The molecule has 0 spiro atoms. The first-order valence-electron chi connectivity index (χ1n) is 5.26. The van der Waals surface area contributed by atoms with Crippen LogP contribution in [-0.4, -0.2) is 79.0 Å². The lowest BCUT2D eigenvalue weighted by Crippen LogP contribution is -2.25. The molecule has 0 saturated heterocycles. The van der Waals surface area contributed by atoms with Crippen molar-refractivity contribution in [1.82, 2.24) is 0 Å². The highest BCUT2D eigenvalue weighted by Crippen LogP contribution is 1.99. The van der Waals surface area contributed by atoms with Gasteiger partial charge in [0.05, 0.1) is 36.2 Å². The summed E-state index contributed by atoms with van der Waals surface area (Å²) in [6, 6.07) is 0. The summed E-state index contributed by atoms with van der Waals surface area (Å²) < 4.78 is 110. The van der Waals surface area contributed by atoms with Gasteiger partial charge in [-0.05, 0) is 0 Å². The fourth-order valence-electron chi connectivity index (χ4n) is 0.991. The number of hydrogen-bond donors (Lipinski definition) is 2. The van der Waals surface area contributed by atoms with Gasteiger partial charge in [-0.2, -0.15) is 16.8 Å². The molecule has 22 heavy (non-hydrogen) atoms. The number of sulfone groups is 2. The van der Waals surface area contributed by atoms with Crippen molar-refractivity contribution < 1.29 is 51.1 Å². The lowest BCUT2D eigenvalue weighted by Gasteiger charge is -2.05. The van der Waals surface area contributed by atoms with Gasteiger partial charge in [0.1, 0.15) is 0 Å². The van der Waals surface area contributed by atoms with E-state index in [2.05, 4.69) is 8.37 Å². The molecule has 0 aliphatic rings. The topological polar surface area (TPSA) is 195 Å². The van der Waals surface area contributed by atoms with Gasteiger partial charge in [0.2, 0.25) is 0 Å². The Balaban J connectivity index is 4.34. The summed E-state index contributed by atoms with van der Waals surface area (Å²) in [6.45, 7) is -1.76. The van der Waals surface area contributed by atoms with Crippen molar-refractivity contribution in [3.8, 4) is 0 Å². The van der Waals surface area contributed by atoms with Crippen LogP contribution in [0.5, 0.6) is 0 Å². The van der Waals surface area contributed by atoms with Crippen molar-refractivity contribution in [1.29, 1.82) is 0 Å². The molecular formula is C6H14O12S4. The largest absolute Gasteiger partial charge is 0.397 e. The Labute approximate surface area is 128 Å². The van der Waals surface area contributed by atoms with Crippen LogP contribution in [0.3, 0.4) is 0 Å². The van der Waals surface area contributed by atoms with Crippen molar-refractivity contribution in [3.05, 3.63) is 0 Å². The van der Waals surface area contributed by atoms with Crippen molar-refractivity contribution in [2.75, 3.05) is 36.2 Å². The Hall–Kier alpha value is -0.360. The molecule has 0 atom stereocenters. The molecule has 0 aromatic carbocycles. The van der Waals surface area contributed by atoms with E-state index < -0.39 is 76.7 Å². The predicted octanol–water partition coefficient (Wildman–Crippen LogP) is -2.55. The minimum atomic E-state index is -4.80. The monoisotopic (exact) mass is 406 g/mol. The lowest BCUT2D eigenvalue weighted by molar-refractivity contribution is 0.282. The van der Waals surface area contributed by atoms with E-state index in [1.54, 1.807) is 0 Å². The van der Waals surface area contributed by atoms with Crippen molar-refractivity contribution in [2.45, 2.75) is 0 Å². The zero-order chi connectivity index (χ0) is 17.7. The van der Waals surface area contributed by atoms with Crippen molar-refractivity contribution in [3.63, 3.8) is 0 Å². The molecule has 0 unspecified atom stereocenters. The van der Waals surface area contributed by atoms with E-state index in [0.717, 1.165) is 0 Å². The van der Waals surface area contributed by atoms with Crippen LogP contribution >= 0.6 is 0 Å². The third kappa shape index (κ3) is 13.3. The van der Waals surface area contributed by atoms with Gasteiger partial charge in [-0.15, -0.1) is 0 Å². The molecule has 0 radical (unpaired) electrons. The van der Waals surface area contributed by atoms with Gasteiger partial charge in [0.25, 0.3) is 0 Å². The van der Waals surface area contributed by atoms with Gasteiger partial charge in [-0.3, -0.25) is 9.11 Å². The molecule has 2 N–H and O–H groups in total. The summed E-state index contributed by atoms with van der Waals surface area (Å²) in [5.74, 6) is -3.42. The molecule has 0 heterocycles. The van der Waals surface area contributed by atoms with Gasteiger partial charge in [-0.1, -0.05) is 0 Å².